The second-order valence-electron chi connectivity index (χ2n) is 4.37. The second-order valence-corrected chi connectivity index (χ2v) is 6.18. The van der Waals surface area contributed by atoms with Crippen LogP contribution >= 0.6 is 0 Å². The molecule has 0 heterocycles. The van der Waals surface area contributed by atoms with Crippen LogP contribution in [-0.2, 0) is 36.9 Å². The first-order chi connectivity index (χ1) is 11.8. The van der Waals surface area contributed by atoms with E-state index in [0.717, 1.165) is 0 Å². The van der Waals surface area contributed by atoms with Gasteiger partial charge in [0.1, 0.15) is 0 Å². The van der Waals surface area contributed by atoms with Crippen LogP contribution in [0, 0.1) is 0 Å². The van der Waals surface area contributed by atoms with Crippen molar-refractivity contribution in [1.29, 1.82) is 0 Å². The van der Waals surface area contributed by atoms with E-state index in [-0.39, 0.29) is 25.7 Å². The Balaban J connectivity index is 5.69. The monoisotopic (exact) mass is 368 g/mol. The van der Waals surface area contributed by atoms with Gasteiger partial charge in [-0.05, 0) is 0 Å². The van der Waals surface area contributed by atoms with Crippen LogP contribution in [0.4, 0.5) is 0 Å². The molecule has 9 heteroatoms. The Bertz CT molecular complexity index is 465. The van der Waals surface area contributed by atoms with Crippen molar-refractivity contribution in [2.75, 3.05) is 0 Å². The molecule has 0 aromatic rings. The van der Waals surface area contributed by atoms with E-state index in [4.69, 9.17) is 17.7 Å². The molecule has 136 valence electrons. The molecule has 0 N–H and O–H groups in total. The molecule has 0 bridgehead atoms. The number of hydrogen-bond acceptors (Lipinski definition) is 8. The Morgan fingerprint density at radius 2 is 0.760 bits per heavy atom. The van der Waals surface area contributed by atoms with Gasteiger partial charge in [-0.1, -0.05) is 24.3 Å². The quantitative estimate of drug-likeness (QED) is 0.380. The lowest BCUT2D eigenvalue weighted by Gasteiger charge is -2.24. The Labute approximate surface area is 146 Å². The molecule has 0 radical (unpaired) electrons. The average molecular weight is 368 g/mol. The van der Waals surface area contributed by atoms with Crippen LogP contribution in [0.5, 0.6) is 0 Å². The largest absolute Gasteiger partial charge is 0.974 e. The van der Waals surface area contributed by atoms with E-state index >= 15 is 0 Å². The van der Waals surface area contributed by atoms with Crippen LogP contribution in [-0.4, -0.2) is 32.9 Å². The molecule has 0 aliphatic heterocycles. The molecule has 0 aromatic heterocycles. The van der Waals surface area contributed by atoms with Crippen molar-refractivity contribution < 1.29 is 36.9 Å². The number of rotatable bonds is 12. The minimum Gasteiger partial charge on any atom is -0.422 e. The molecule has 0 aromatic carbocycles. The lowest BCUT2D eigenvalue weighted by molar-refractivity contribution is -0.162. The highest BCUT2D eigenvalue weighted by molar-refractivity contribution is 6.61. The van der Waals surface area contributed by atoms with E-state index in [1.807, 2.05) is 0 Å². The smallest absolute Gasteiger partial charge is 0.422 e. The molecule has 0 saturated carbocycles. The predicted molar refractivity (Wildman–Crippen MR) is 89.4 cm³/mol. The summed E-state index contributed by atoms with van der Waals surface area (Å²) in [5, 5.41) is 0. The summed E-state index contributed by atoms with van der Waals surface area (Å²) < 4.78 is 19.7. The Morgan fingerprint density at radius 1 is 0.560 bits per heavy atom. The van der Waals surface area contributed by atoms with Crippen LogP contribution in [0.2, 0.25) is 0 Å². The van der Waals surface area contributed by atoms with Crippen LogP contribution in [0.1, 0.15) is 25.7 Å². The third-order valence-electron chi connectivity index (χ3n) is 2.20. The molecule has 0 aliphatic rings. The van der Waals surface area contributed by atoms with Gasteiger partial charge in [-0.3, -0.25) is 19.2 Å². The van der Waals surface area contributed by atoms with Gasteiger partial charge in [-0.15, -0.1) is 26.3 Å². The molecular formula is C16H20O8Si. The zero-order valence-corrected chi connectivity index (χ0v) is 14.7. The fourth-order valence-corrected chi connectivity index (χ4v) is 3.02. The summed E-state index contributed by atoms with van der Waals surface area (Å²) in [6, 6.07) is 0. The third-order valence-corrected chi connectivity index (χ3v) is 4.11. The summed E-state index contributed by atoms with van der Waals surface area (Å²) in [5.41, 5.74) is 0. The first-order valence-electron chi connectivity index (χ1n) is 7.13. The molecule has 0 spiro atoms. The van der Waals surface area contributed by atoms with Crippen molar-refractivity contribution in [3.63, 3.8) is 0 Å². The minimum absolute atomic E-state index is 0.286. The summed E-state index contributed by atoms with van der Waals surface area (Å²) in [7, 11) is -4.79. The summed E-state index contributed by atoms with van der Waals surface area (Å²) in [6.45, 7) is 13.4. The van der Waals surface area contributed by atoms with Crippen molar-refractivity contribution in [2.45, 2.75) is 25.7 Å². The maximum atomic E-state index is 11.8. The summed E-state index contributed by atoms with van der Waals surface area (Å²) >= 11 is 0. The summed E-state index contributed by atoms with van der Waals surface area (Å²) in [6.07, 6.45) is 3.71. The normalized spacial score (nSPS) is 9.92. The third kappa shape index (κ3) is 9.06. The molecule has 0 amide bonds. The van der Waals surface area contributed by atoms with Crippen molar-refractivity contribution in [1.82, 2.24) is 0 Å². The SMILES string of the molecule is C=CCC(=O)O[Si](OC(=O)CC=C)(OC(=O)CC=C)OC(=O)CC=C. The van der Waals surface area contributed by atoms with Crippen LogP contribution in [0.3, 0.4) is 0 Å². The van der Waals surface area contributed by atoms with E-state index < -0.39 is 32.9 Å². The Morgan fingerprint density at radius 3 is 0.920 bits per heavy atom. The van der Waals surface area contributed by atoms with Gasteiger partial charge in [0.25, 0.3) is 0 Å². The van der Waals surface area contributed by atoms with Crippen molar-refractivity contribution in [3.8, 4) is 0 Å². The standard InChI is InChI=1S/C16H20O8Si/c1-5-9-13(17)21-25(22-14(18)10-6-2,23-15(19)11-7-3)24-16(20)12-8-4/h5-8H,1-4,9-12H2. The van der Waals surface area contributed by atoms with E-state index in [0.29, 0.717) is 0 Å². The van der Waals surface area contributed by atoms with E-state index in [2.05, 4.69) is 26.3 Å². The molecule has 0 saturated heterocycles. The molecule has 0 fully saturated rings. The van der Waals surface area contributed by atoms with Gasteiger partial charge in [-0.2, -0.15) is 0 Å². The topological polar surface area (TPSA) is 105 Å². The second kappa shape index (κ2) is 11.6. The van der Waals surface area contributed by atoms with Gasteiger partial charge in [0.15, 0.2) is 0 Å². The minimum atomic E-state index is -4.79. The average Bonchev–Trinajstić information content (AvgIpc) is 2.47. The molecular weight excluding hydrogens is 348 g/mol. The lowest BCUT2D eigenvalue weighted by Crippen LogP contribution is -2.54. The molecule has 0 unspecified atom stereocenters. The highest BCUT2D eigenvalue weighted by Gasteiger charge is 2.62. The molecule has 0 aliphatic carbocycles. The summed E-state index contributed by atoms with van der Waals surface area (Å²) in [5.74, 6) is -3.81. The van der Waals surface area contributed by atoms with Crippen molar-refractivity contribution >= 4 is 32.9 Å². The zero-order valence-electron chi connectivity index (χ0n) is 13.7. The highest BCUT2D eigenvalue weighted by Crippen LogP contribution is 2.17. The molecule has 8 nitrogen and oxygen atoms in total. The van der Waals surface area contributed by atoms with Gasteiger partial charge in [-0.25, -0.2) is 0 Å². The first-order valence-corrected chi connectivity index (χ1v) is 8.76. The van der Waals surface area contributed by atoms with E-state index in [9.17, 15) is 19.2 Å². The fourth-order valence-electron chi connectivity index (χ4n) is 1.32. The Kier molecular flexibility index (Phi) is 10.2. The van der Waals surface area contributed by atoms with Crippen LogP contribution in [0.15, 0.2) is 50.6 Å². The zero-order chi connectivity index (χ0) is 19.3. The Hall–Kier alpha value is -2.94. The van der Waals surface area contributed by atoms with Crippen molar-refractivity contribution in [2.24, 2.45) is 0 Å². The number of hydrogen-bond donors (Lipinski definition) is 0. The van der Waals surface area contributed by atoms with Gasteiger partial charge >= 0.3 is 32.9 Å². The molecule has 0 rings (SSSR count). The predicted octanol–water partition coefficient (Wildman–Crippen LogP) is 1.90. The maximum absolute atomic E-state index is 11.8. The first kappa shape index (κ1) is 22.1. The number of carbonyl (C=O) groups is 4. The maximum Gasteiger partial charge on any atom is 0.974 e. The van der Waals surface area contributed by atoms with Gasteiger partial charge in [0.05, 0.1) is 25.7 Å². The van der Waals surface area contributed by atoms with E-state index in [1.54, 1.807) is 0 Å². The van der Waals surface area contributed by atoms with Gasteiger partial charge in [0, 0.05) is 0 Å². The van der Waals surface area contributed by atoms with Gasteiger partial charge in [0.2, 0.25) is 0 Å². The summed E-state index contributed by atoms with van der Waals surface area (Å²) in [4.78, 5) is 47.1. The highest BCUT2D eigenvalue weighted by atomic mass is 28.4. The van der Waals surface area contributed by atoms with Crippen molar-refractivity contribution in [3.05, 3.63) is 50.6 Å². The lowest BCUT2D eigenvalue weighted by atomic mass is 10.4. The van der Waals surface area contributed by atoms with Crippen LogP contribution in [0.25, 0.3) is 0 Å². The molecule has 0 atom stereocenters. The van der Waals surface area contributed by atoms with Crippen LogP contribution < -0.4 is 0 Å². The van der Waals surface area contributed by atoms with E-state index in [1.165, 1.54) is 24.3 Å². The molecule has 25 heavy (non-hydrogen) atoms. The number of carbonyl (C=O) groups excluding carboxylic acids is 4. The fraction of sp³-hybridized carbons (Fsp3) is 0.250. The van der Waals surface area contributed by atoms with Gasteiger partial charge < -0.3 is 17.7 Å².